The first-order valence-corrected chi connectivity index (χ1v) is 10.0. The highest BCUT2D eigenvalue weighted by Gasteiger charge is 2.23. The molecular weight excluding hydrogens is 356 g/mol. The summed E-state index contributed by atoms with van der Waals surface area (Å²) in [4.78, 5) is 0. The molecule has 0 aliphatic carbocycles. The minimum atomic E-state index is 0. The number of allylic oxidation sites excluding steroid dienone is 1. The van der Waals surface area contributed by atoms with Gasteiger partial charge >= 0.3 is 0 Å². The number of rotatable bonds is 4. The fraction of sp³-hybridized carbons (Fsp3) is 0.346. The summed E-state index contributed by atoms with van der Waals surface area (Å²) in [5.74, 6) is 1.36. The van der Waals surface area contributed by atoms with Crippen molar-refractivity contribution >= 4 is 11.5 Å². The molecule has 2 aromatic carbocycles. The van der Waals surface area contributed by atoms with Crippen LogP contribution in [0.25, 0.3) is 11.5 Å². The third-order valence-corrected chi connectivity index (χ3v) is 4.32. The van der Waals surface area contributed by atoms with Crippen molar-refractivity contribution in [2.24, 2.45) is 11.7 Å². The molecule has 1 aliphatic heterocycles. The fourth-order valence-electron chi connectivity index (χ4n) is 2.55. The lowest BCUT2D eigenvalue weighted by molar-refractivity contribution is 0.191. The Morgan fingerprint density at radius 3 is 1.97 bits per heavy atom. The molecule has 2 aromatic rings. The van der Waals surface area contributed by atoms with Crippen molar-refractivity contribution in [3.63, 3.8) is 0 Å². The zero-order valence-electron chi connectivity index (χ0n) is 17.8. The Balaban J connectivity index is 0.000000613. The Bertz CT molecular complexity index is 723. The van der Waals surface area contributed by atoms with Gasteiger partial charge in [0.25, 0.3) is 0 Å². The molecule has 3 heteroatoms. The van der Waals surface area contributed by atoms with E-state index in [4.69, 9.17) is 10.5 Å². The van der Waals surface area contributed by atoms with Crippen molar-refractivity contribution in [3.05, 3.63) is 89.8 Å². The van der Waals surface area contributed by atoms with Gasteiger partial charge in [-0.2, -0.15) is 0 Å². The zero-order valence-corrected chi connectivity index (χ0v) is 17.8. The summed E-state index contributed by atoms with van der Waals surface area (Å²) < 4.78 is 5.88. The quantitative estimate of drug-likeness (QED) is 0.561. The second kappa shape index (κ2) is 14.1. The molecule has 0 aromatic heterocycles. The van der Waals surface area contributed by atoms with Crippen LogP contribution in [-0.2, 0) is 4.74 Å². The topological polar surface area (TPSA) is 47.3 Å². The van der Waals surface area contributed by atoms with Crippen molar-refractivity contribution in [1.82, 2.24) is 5.32 Å². The van der Waals surface area contributed by atoms with Gasteiger partial charge < -0.3 is 15.8 Å². The van der Waals surface area contributed by atoms with E-state index in [0.717, 1.165) is 34.7 Å². The number of nitrogens with two attached hydrogens (primary N) is 1. The molecular formula is C26H38N2O. The lowest BCUT2D eigenvalue weighted by Crippen LogP contribution is -2.18. The predicted octanol–water partition coefficient (Wildman–Crippen LogP) is 6.80. The van der Waals surface area contributed by atoms with Gasteiger partial charge in [-0.3, -0.25) is 0 Å². The van der Waals surface area contributed by atoms with Crippen molar-refractivity contribution in [2.45, 2.75) is 54.7 Å². The highest BCUT2D eigenvalue weighted by Crippen LogP contribution is 2.31. The molecule has 158 valence electrons. The van der Waals surface area contributed by atoms with Gasteiger partial charge in [0.1, 0.15) is 0 Å². The summed E-state index contributed by atoms with van der Waals surface area (Å²) in [5.41, 5.74) is 12.2. The molecule has 3 rings (SSSR count). The molecule has 29 heavy (non-hydrogen) atoms. The molecule has 2 atom stereocenters. The van der Waals surface area contributed by atoms with Gasteiger partial charge in [-0.15, -0.1) is 5.73 Å². The predicted molar refractivity (Wildman–Crippen MR) is 128 cm³/mol. The van der Waals surface area contributed by atoms with Crippen LogP contribution in [0.5, 0.6) is 0 Å². The van der Waals surface area contributed by atoms with E-state index < -0.39 is 0 Å². The average molecular weight is 395 g/mol. The standard InChI is InChI=1S/C16H15NO.C7H13N.C2H6.CH4/c1-12-17-15(13-8-4-2-5-9-13)16(18-12)14-10-6-3-7-11-14;1-4-6(3)7(8)5-2;1-2;/h2-12,17H,1H3;6H,2,4,8H2,1,3H3;1-2H3;1H4. The summed E-state index contributed by atoms with van der Waals surface area (Å²) in [6, 6.07) is 20.5. The number of hydrogen-bond donors (Lipinski definition) is 2. The van der Waals surface area contributed by atoms with Gasteiger partial charge in [-0.25, -0.2) is 0 Å². The van der Waals surface area contributed by atoms with E-state index in [1.807, 2.05) is 57.2 Å². The second-order valence-corrected chi connectivity index (χ2v) is 6.28. The Morgan fingerprint density at radius 2 is 1.55 bits per heavy atom. The van der Waals surface area contributed by atoms with Crippen LogP contribution < -0.4 is 11.1 Å². The Hall–Kier alpha value is -2.90. The van der Waals surface area contributed by atoms with E-state index in [1.165, 1.54) is 0 Å². The summed E-state index contributed by atoms with van der Waals surface area (Å²) in [6.45, 7) is 13.6. The minimum Gasteiger partial charge on any atom is -0.468 e. The maximum atomic E-state index is 5.88. The number of benzene rings is 2. The van der Waals surface area contributed by atoms with E-state index >= 15 is 0 Å². The van der Waals surface area contributed by atoms with Crippen molar-refractivity contribution in [2.75, 3.05) is 0 Å². The Morgan fingerprint density at radius 1 is 1.07 bits per heavy atom. The third kappa shape index (κ3) is 7.93. The highest BCUT2D eigenvalue weighted by molar-refractivity contribution is 5.88. The first-order chi connectivity index (χ1) is 13.6. The molecule has 1 heterocycles. The van der Waals surface area contributed by atoms with E-state index in [0.29, 0.717) is 5.92 Å². The molecule has 0 saturated heterocycles. The smallest absolute Gasteiger partial charge is 0.167 e. The van der Waals surface area contributed by atoms with Gasteiger partial charge in [0.15, 0.2) is 12.0 Å². The SMILES string of the molecule is C.C=C=C(N)C(C)CC.CC.CC1NC(c2ccccc2)=C(c2ccccc2)O1. The molecule has 1 aliphatic rings. The van der Waals surface area contributed by atoms with Crippen molar-refractivity contribution in [3.8, 4) is 0 Å². The number of hydrogen-bond acceptors (Lipinski definition) is 3. The summed E-state index contributed by atoms with van der Waals surface area (Å²) >= 11 is 0. The molecule has 0 bridgehead atoms. The summed E-state index contributed by atoms with van der Waals surface area (Å²) in [5, 5.41) is 3.38. The number of nitrogens with one attached hydrogen (secondary N) is 1. The van der Waals surface area contributed by atoms with Gasteiger partial charge in [-0.05, 0) is 13.3 Å². The lowest BCUT2D eigenvalue weighted by Gasteiger charge is -2.06. The van der Waals surface area contributed by atoms with Crippen LogP contribution in [0.1, 0.15) is 59.6 Å². The Kier molecular flexibility index (Phi) is 12.7. The molecule has 3 nitrogen and oxygen atoms in total. The van der Waals surface area contributed by atoms with E-state index in [1.54, 1.807) is 0 Å². The van der Waals surface area contributed by atoms with Crippen LogP contribution in [0.4, 0.5) is 0 Å². The Labute approximate surface area is 178 Å². The van der Waals surface area contributed by atoms with Crippen LogP contribution in [0.15, 0.2) is 78.7 Å². The monoisotopic (exact) mass is 394 g/mol. The third-order valence-electron chi connectivity index (χ3n) is 4.32. The molecule has 3 N–H and O–H groups in total. The van der Waals surface area contributed by atoms with Gasteiger partial charge in [0, 0.05) is 17.0 Å². The van der Waals surface area contributed by atoms with Crippen molar-refractivity contribution in [1.29, 1.82) is 0 Å². The van der Waals surface area contributed by atoms with Crippen LogP contribution in [0.2, 0.25) is 0 Å². The van der Waals surface area contributed by atoms with Crippen LogP contribution in [-0.4, -0.2) is 6.23 Å². The molecule has 0 saturated carbocycles. The van der Waals surface area contributed by atoms with Gasteiger partial charge in [-0.1, -0.05) is 102 Å². The number of ether oxygens (including phenoxy) is 1. The van der Waals surface area contributed by atoms with Gasteiger partial charge in [0.2, 0.25) is 0 Å². The molecule has 0 amide bonds. The molecule has 2 unspecified atom stereocenters. The van der Waals surface area contributed by atoms with E-state index in [2.05, 4.69) is 55.7 Å². The molecule has 0 radical (unpaired) electrons. The first-order valence-electron chi connectivity index (χ1n) is 10.0. The lowest BCUT2D eigenvalue weighted by atomic mass is 10.1. The fourth-order valence-corrected chi connectivity index (χ4v) is 2.55. The van der Waals surface area contributed by atoms with Crippen LogP contribution in [0.3, 0.4) is 0 Å². The zero-order chi connectivity index (χ0) is 20.9. The first kappa shape index (κ1) is 26.1. The van der Waals surface area contributed by atoms with Crippen LogP contribution >= 0.6 is 0 Å². The van der Waals surface area contributed by atoms with E-state index in [-0.39, 0.29) is 13.7 Å². The minimum absolute atomic E-state index is 0. The normalized spacial score (nSPS) is 15.0. The summed E-state index contributed by atoms with van der Waals surface area (Å²) in [6.07, 6.45) is 1.07. The molecule has 0 fully saturated rings. The van der Waals surface area contributed by atoms with E-state index in [9.17, 15) is 0 Å². The highest BCUT2D eigenvalue weighted by atomic mass is 16.5. The summed E-state index contributed by atoms with van der Waals surface area (Å²) in [7, 11) is 0. The second-order valence-electron chi connectivity index (χ2n) is 6.28. The van der Waals surface area contributed by atoms with Gasteiger partial charge in [0.05, 0.1) is 11.4 Å². The average Bonchev–Trinajstić information content (AvgIpc) is 3.17. The van der Waals surface area contributed by atoms with Crippen molar-refractivity contribution < 1.29 is 4.74 Å². The maximum absolute atomic E-state index is 5.88. The largest absolute Gasteiger partial charge is 0.468 e. The molecule has 0 spiro atoms. The maximum Gasteiger partial charge on any atom is 0.167 e. The van der Waals surface area contributed by atoms with Crippen LogP contribution in [0, 0.1) is 5.92 Å².